The van der Waals surface area contributed by atoms with Gasteiger partial charge in [-0.1, -0.05) is 0 Å². The summed E-state index contributed by atoms with van der Waals surface area (Å²) in [6.45, 7) is 2.17. The van der Waals surface area contributed by atoms with Crippen LogP contribution in [0.15, 0.2) is 23.3 Å². The minimum atomic E-state index is -0.546. The summed E-state index contributed by atoms with van der Waals surface area (Å²) in [6, 6.07) is 2.54. The Kier molecular flexibility index (Phi) is 3.43. The van der Waals surface area contributed by atoms with Gasteiger partial charge in [-0.2, -0.15) is 0 Å². The molecule has 0 bridgehead atoms. The minimum absolute atomic E-state index is 0.151. The number of nitrogens with one attached hydrogen (secondary N) is 2. The molecule has 0 aliphatic rings. The van der Waals surface area contributed by atoms with E-state index < -0.39 is 10.5 Å². The molecular formula is C11H13N5O3. The van der Waals surface area contributed by atoms with Crippen LogP contribution in [-0.4, -0.2) is 27.5 Å². The van der Waals surface area contributed by atoms with Gasteiger partial charge in [0.2, 0.25) is 0 Å². The molecule has 2 aromatic rings. The van der Waals surface area contributed by atoms with Crippen LogP contribution < -0.4 is 16.6 Å². The minimum Gasteiger partial charge on any atom is -0.378 e. The summed E-state index contributed by atoms with van der Waals surface area (Å²) in [7, 11) is 0. The lowest BCUT2D eigenvalue weighted by molar-refractivity contribution is -0.383. The first-order chi connectivity index (χ1) is 8.99. The second-order valence-corrected chi connectivity index (χ2v) is 4.23. The molecule has 4 N–H and O–H groups in total. The third-order valence-electron chi connectivity index (χ3n) is 2.57. The molecule has 0 saturated heterocycles. The lowest BCUT2D eigenvalue weighted by atomic mass is 10.2. The molecule has 100 valence electrons. The number of nitrogens with zero attached hydrogens (tertiary/aromatic N) is 2. The molecule has 19 heavy (non-hydrogen) atoms. The van der Waals surface area contributed by atoms with Gasteiger partial charge in [0.25, 0.3) is 11.2 Å². The summed E-state index contributed by atoms with van der Waals surface area (Å²) in [5, 5.41) is 14.1. The molecule has 0 amide bonds. The van der Waals surface area contributed by atoms with Crippen molar-refractivity contribution in [3.8, 4) is 0 Å². The highest BCUT2D eigenvalue weighted by Gasteiger charge is 2.17. The van der Waals surface area contributed by atoms with Gasteiger partial charge in [0.05, 0.1) is 22.2 Å². The maximum atomic E-state index is 11.6. The number of nitro benzene ring substituents is 1. The third kappa shape index (κ3) is 2.68. The van der Waals surface area contributed by atoms with Crippen molar-refractivity contribution in [2.24, 2.45) is 5.73 Å². The maximum Gasteiger partial charge on any atom is 0.293 e. The fraction of sp³-hybridized carbons (Fsp3) is 0.273. The molecule has 0 aliphatic heterocycles. The third-order valence-corrected chi connectivity index (χ3v) is 2.57. The first-order valence-electron chi connectivity index (χ1n) is 5.64. The topological polar surface area (TPSA) is 127 Å². The lowest BCUT2D eigenvalue weighted by Crippen LogP contribution is -2.25. The standard InChI is InChI=1S/C11H13N5O3/c1-6(12)4-13-9-3-8-7(2-10(9)16(18)19)11(17)15-5-14-8/h2-3,5-6,13H,4,12H2,1H3,(H,14,15,17). The molecule has 1 atom stereocenters. The van der Waals surface area contributed by atoms with Crippen LogP contribution in [0.4, 0.5) is 11.4 Å². The fourth-order valence-corrected chi connectivity index (χ4v) is 1.67. The van der Waals surface area contributed by atoms with Crippen molar-refractivity contribution in [3.05, 3.63) is 38.9 Å². The van der Waals surface area contributed by atoms with E-state index in [0.717, 1.165) is 0 Å². The molecule has 0 fully saturated rings. The zero-order valence-corrected chi connectivity index (χ0v) is 10.2. The Labute approximate surface area is 107 Å². The molecule has 0 aliphatic carbocycles. The highest BCUT2D eigenvalue weighted by Crippen LogP contribution is 2.27. The van der Waals surface area contributed by atoms with E-state index in [1.165, 1.54) is 18.5 Å². The van der Waals surface area contributed by atoms with Gasteiger partial charge in [0.1, 0.15) is 5.69 Å². The van der Waals surface area contributed by atoms with E-state index in [-0.39, 0.29) is 17.1 Å². The van der Waals surface area contributed by atoms with Gasteiger partial charge < -0.3 is 16.0 Å². The molecule has 1 heterocycles. The van der Waals surface area contributed by atoms with E-state index in [1.807, 2.05) is 0 Å². The average Bonchev–Trinajstić information content (AvgIpc) is 2.35. The normalized spacial score (nSPS) is 12.3. The molecule has 1 aromatic carbocycles. The van der Waals surface area contributed by atoms with E-state index in [2.05, 4.69) is 15.3 Å². The van der Waals surface area contributed by atoms with Gasteiger partial charge in [-0.05, 0) is 13.0 Å². The number of anilines is 1. The number of aromatic amines is 1. The van der Waals surface area contributed by atoms with E-state index in [1.54, 1.807) is 6.92 Å². The highest BCUT2D eigenvalue weighted by atomic mass is 16.6. The Morgan fingerprint density at radius 2 is 2.32 bits per heavy atom. The second-order valence-electron chi connectivity index (χ2n) is 4.23. The number of hydrogen-bond acceptors (Lipinski definition) is 6. The van der Waals surface area contributed by atoms with Gasteiger partial charge >= 0.3 is 0 Å². The Balaban J connectivity index is 2.58. The van der Waals surface area contributed by atoms with Crippen LogP contribution in [0.5, 0.6) is 0 Å². The largest absolute Gasteiger partial charge is 0.378 e. The first-order valence-corrected chi connectivity index (χ1v) is 5.64. The van der Waals surface area contributed by atoms with Crippen LogP contribution in [0.2, 0.25) is 0 Å². The van der Waals surface area contributed by atoms with Crippen LogP contribution in [0.1, 0.15) is 6.92 Å². The predicted molar refractivity (Wildman–Crippen MR) is 71.2 cm³/mol. The van der Waals surface area contributed by atoms with Gasteiger partial charge in [0.15, 0.2) is 0 Å². The van der Waals surface area contributed by atoms with E-state index >= 15 is 0 Å². The van der Waals surface area contributed by atoms with Crippen LogP contribution in [0.25, 0.3) is 10.9 Å². The van der Waals surface area contributed by atoms with Crippen LogP contribution >= 0.6 is 0 Å². The summed E-state index contributed by atoms with van der Waals surface area (Å²) in [5.74, 6) is 0. The van der Waals surface area contributed by atoms with Crippen molar-refractivity contribution >= 4 is 22.3 Å². The van der Waals surface area contributed by atoms with Crippen molar-refractivity contribution in [3.63, 3.8) is 0 Å². The van der Waals surface area contributed by atoms with Gasteiger partial charge in [-0.3, -0.25) is 14.9 Å². The quantitative estimate of drug-likeness (QED) is 0.547. The monoisotopic (exact) mass is 263 g/mol. The Hall–Kier alpha value is -2.48. The summed E-state index contributed by atoms with van der Waals surface area (Å²) in [5.41, 5.74) is 5.70. The SMILES string of the molecule is CC(N)CNc1cc2nc[nH]c(=O)c2cc1[N+](=O)[O-]. The molecule has 8 nitrogen and oxygen atoms in total. The van der Waals surface area contributed by atoms with Crippen LogP contribution in [0, 0.1) is 10.1 Å². The first kappa shape index (κ1) is 13.0. The Morgan fingerprint density at radius 1 is 1.58 bits per heavy atom. The zero-order valence-electron chi connectivity index (χ0n) is 10.2. The molecule has 1 unspecified atom stereocenters. The van der Waals surface area contributed by atoms with Crippen molar-refractivity contribution in [2.45, 2.75) is 13.0 Å². The average molecular weight is 263 g/mol. The maximum absolute atomic E-state index is 11.6. The smallest absolute Gasteiger partial charge is 0.293 e. The Bertz CT molecular complexity index is 680. The van der Waals surface area contributed by atoms with Gasteiger partial charge in [0, 0.05) is 18.7 Å². The van der Waals surface area contributed by atoms with Crippen LogP contribution in [0.3, 0.4) is 0 Å². The van der Waals surface area contributed by atoms with Gasteiger partial charge in [-0.15, -0.1) is 0 Å². The number of rotatable bonds is 4. The number of fused-ring (bicyclic) bond motifs is 1. The summed E-state index contributed by atoms with van der Waals surface area (Å²) in [4.78, 5) is 28.4. The summed E-state index contributed by atoms with van der Waals surface area (Å²) in [6.07, 6.45) is 1.26. The molecule has 0 radical (unpaired) electrons. The van der Waals surface area contributed by atoms with Crippen molar-refractivity contribution in [1.82, 2.24) is 9.97 Å². The highest BCUT2D eigenvalue weighted by molar-refractivity contribution is 5.86. The van der Waals surface area contributed by atoms with Crippen molar-refractivity contribution in [1.29, 1.82) is 0 Å². The fourth-order valence-electron chi connectivity index (χ4n) is 1.67. The number of nitrogens with two attached hydrogens (primary N) is 1. The predicted octanol–water partition coefficient (Wildman–Crippen LogP) is 0.590. The number of benzene rings is 1. The molecule has 2 rings (SSSR count). The van der Waals surface area contributed by atoms with E-state index in [0.29, 0.717) is 17.7 Å². The lowest BCUT2D eigenvalue weighted by Gasteiger charge is -2.10. The van der Waals surface area contributed by atoms with E-state index in [9.17, 15) is 14.9 Å². The van der Waals surface area contributed by atoms with Crippen LogP contribution in [-0.2, 0) is 0 Å². The van der Waals surface area contributed by atoms with Crippen molar-refractivity contribution in [2.75, 3.05) is 11.9 Å². The molecule has 8 heteroatoms. The van der Waals surface area contributed by atoms with Crippen molar-refractivity contribution < 1.29 is 4.92 Å². The molecule has 1 aromatic heterocycles. The number of aromatic nitrogens is 2. The number of H-pyrrole nitrogens is 1. The Morgan fingerprint density at radius 3 is 2.95 bits per heavy atom. The molecule has 0 spiro atoms. The summed E-state index contributed by atoms with van der Waals surface area (Å²) >= 11 is 0. The van der Waals surface area contributed by atoms with E-state index in [4.69, 9.17) is 5.73 Å². The molecular weight excluding hydrogens is 250 g/mol. The zero-order chi connectivity index (χ0) is 14.0. The molecule has 0 saturated carbocycles. The van der Waals surface area contributed by atoms with Gasteiger partial charge in [-0.25, -0.2) is 4.98 Å². The number of nitro groups is 1. The summed E-state index contributed by atoms with van der Waals surface area (Å²) < 4.78 is 0. The number of hydrogen-bond donors (Lipinski definition) is 3. The second kappa shape index (κ2) is 5.02.